The average Bonchev–Trinajstić information content (AvgIpc) is 3.57. The molecular formula is C51H62N3O6S+. The molecule has 2 aliphatic heterocycles. The number of allylic oxidation sites excluding steroid dienone is 8. The number of fused-ring (bicyclic) bond motifs is 6. The lowest BCUT2D eigenvalue weighted by Gasteiger charge is -2.27. The molecule has 2 aliphatic rings. The highest BCUT2D eigenvalue weighted by Crippen LogP contribution is 2.51. The number of hydrogen-bond acceptors (Lipinski definition) is 6. The van der Waals surface area contributed by atoms with Crippen LogP contribution in [0.2, 0.25) is 0 Å². The highest BCUT2D eigenvalue weighted by molar-refractivity contribution is 7.85. The average molecular weight is 845 g/mol. The second-order valence-electron chi connectivity index (χ2n) is 17.2. The van der Waals surface area contributed by atoms with E-state index >= 15 is 0 Å². The van der Waals surface area contributed by atoms with E-state index < -0.39 is 10.1 Å². The fraction of sp³-hybridized carbons (Fsp3) is 0.392. The van der Waals surface area contributed by atoms with Crippen LogP contribution in [-0.2, 0) is 35.3 Å². The smallest absolute Gasteiger partial charge is 0.264 e. The molecule has 0 atom stereocenters. The van der Waals surface area contributed by atoms with Gasteiger partial charge in [0.05, 0.1) is 24.4 Å². The summed E-state index contributed by atoms with van der Waals surface area (Å²) in [7, 11) is -4.01. The Morgan fingerprint density at radius 1 is 0.754 bits per heavy atom. The zero-order valence-corrected chi connectivity index (χ0v) is 37.3. The van der Waals surface area contributed by atoms with Gasteiger partial charge in [-0.25, -0.2) is 0 Å². The van der Waals surface area contributed by atoms with Gasteiger partial charge in [-0.1, -0.05) is 98.8 Å². The molecule has 1 amide bonds. The molecule has 0 aliphatic carbocycles. The van der Waals surface area contributed by atoms with E-state index in [0.29, 0.717) is 52.0 Å². The van der Waals surface area contributed by atoms with Crippen LogP contribution in [0.25, 0.3) is 21.5 Å². The van der Waals surface area contributed by atoms with Crippen molar-refractivity contribution in [3.63, 3.8) is 0 Å². The van der Waals surface area contributed by atoms with Crippen molar-refractivity contribution in [1.82, 2.24) is 5.32 Å². The number of amides is 1. The minimum Gasteiger partial charge on any atom is -0.379 e. The van der Waals surface area contributed by atoms with Crippen molar-refractivity contribution in [3.05, 3.63) is 132 Å². The maximum atomic E-state index is 12.4. The van der Waals surface area contributed by atoms with Crippen LogP contribution < -0.4 is 10.2 Å². The molecule has 0 bridgehead atoms. The van der Waals surface area contributed by atoms with Gasteiger partial charge < -0.3 is 15.0 Å². The first-order valence-electron chi connectivity index (χ1n) is 21.7. The summed E-state index contributed by atoms with van der Waals surface area (Å²) in [5.74, 6) is -0.120. The molecule has 2 N–H and O–H groups in total. The second kappa shape index (κ2) is 20.1. The molecule has 0 saturated carbocycles. The van der Waals surface area contributed by atoms with E-state index in [1.165, 1.54) is 44.1 Å². The third-order valence-electron chi connectivity index (χ3n) is 11.9. The second-order valence-corrected chi connectivity index (χ2v) is 18.8. The van der Waals surface area contributed by atoms with Gasteiger partial charge in [0.15, 0.2) is 5.71 Å². The number of unbranched alkanes of at least 4 members (excludes halogenated alkanes) is 3. The highest BCUT2D eigenvalue weighted by atomic mass is 32.2. The fourth-order valence-corrected chi connectivity index (χ4v) is 9.56. The standard InChI is InChI=1S/C51H61N3O6S/c1-38(55)31-35-60-36-32-52-47(56)26-12-9-17-33-53-43-29-27-39-20-13-15-22-41(39)48(43)50(2,3)45(53)24-10-7-6-8-11-25-46-51(4,5)49-42-23-16-14-21-40(42)28-30-44(49)54(46)34-18-19-37-61(57,58)59/h6-8,10-11,13-16,20-25,27-30H,9,12,17-19,26,31-37H2,1-5H3,(H-,52,56,57,58,59)/p+1. The van der Waals surface area contributed by atoms with Gasteiger partial charge in [-0.15, -0.1) is 0 Å². The molecule has 6 rings (SSSR count). The SMILES string of the molecule is CC(=O)CCOCCNC(=O)CCCCC[N+]1=C(C=CC=CC=CC=C2N(CCCCS(=O)(=O)O)c3ccc4ccccc4c3C2(C)C)C(C)(C)c2c1ccc1ccccc21. The summed E-state index contributed by atoms with van der Waals surface area (Å²) < 4.78 is 40.1. The topological polar surface area (TPSA) is 116 Å². The number of carbonyl (C=O) groups excluding carboxylic acids is 2. The molecule has 322 valence electrons. The Labute approximate surface area is 362 Å². The van der Waals surface area contributed by atoms with Crippen LogP contribution in [0.1, 0.15) is 90.7 Å². The summed E-state index contributed by atoms with van der Waals surface area (Å²) in [5.41, 5.74) is 6.82. The van der Waals surface area contributed by atoms with Crippen molar-refractivity contribution in [1.29, 1.82) is 0 Å². The number of rotatable bonds is 21. The molecule has 0 aromatic heterocycles. The summed E-state index contributed by atoms with van der Waals surface area (Å²) >= 11 is 0. The number of carbonyl (C=O) groups is 2. The molecule has 0 fully saturated rings. The zero-order chi connectivity index (χ0) is 43.6. The number of ketones is 1. The number of anilines is 1. The first-order chi connectivity index (χ1) is 29.2. The number of nitrogens with one attached hydrogen (secondary N) is 1. The van der Waals surface area contributed by atoms with Gasteiger partial charge in [-0.05, 0) is 91.8 Å². The summed E-state index contributed by atoms with van der Waals surface area (Å²) in [5, 5.41) is 7.82. The van der Waals surface area contributed by atoms with Crippen LogP contribution in [0.5, 0.6) is 0 Å². The third kappa shape index (κ3) is 11.0. The lowest BCUT2D eigenvalue weighted by Crippen LogP contribution is -2.28. The molecule has 2 heterocycles. The van der Waals surface area contributed by atoms with Gasteiger partial charge >= 0.3 is 0 Å². The van der Waals surface area contributed by atoms with Crippen LogP contribution in [0.3, 0.4) is 0 Å². The van der Waals surface area contributed by atoms with Crippen LogP contribution in [0, 0.1) is 0 Å². The number of ether oxygens (including phenoxy) is 1. The van der Waals surface area contributed by atoms with Gasteiger partial charge in [0.25, 0.3) is 10.1 Å². The Kier molecular flexibility index (Phi) is 15.0. The van der Waals surface area contributed by atoms with Crippen molar-refractivity contribution in [3.8, 4) is 0 Å². The van der Waals surface area contributed by atoms with Crippen LogP contribution in [0.15, 0.2) is 121 Å². The third-order valence-corrected chi connectivity index (χ3v) is 12.8. The Bertz CT molecular complexity index is 2510. The van der Waals surface area contributed by atoms with Gasteiger partial charge in [0, 0.05) is 66.9 Å². The number of hydrogen-bond donors (Lipinski definition) is 2. The lowest BCUT2D eigenvalue weighted by atomic mass is 9.79. The largest absolute Gasteiger partial charge is 0.379 e. The molecule has 4 aromatic rings. The van der Waals surface area contributed by atoms with Crippen molar-refractivity contribution < 1.29 is 31.9 Å². The van der Waals surface area contributed by atoms with Gasteiger partial charge in [0.2, 0.25) is 11.6 Å². The first-order valence-corrected chi connectivity index (χ1v) is 23.3. The zero-order valence-electron chi connectivity index (χ0n) is 36.5. The summed E-state index contributed by atoms with van der Waals surface area (Å²) in [6.07, 6.45) is 19.3. The van der Waals surface area contributed by atoms with E-state index in [0.717, 1.165) is 37.2 Å². The first kappa shape index (κ1) is 45.4. The van der Waals surface area contributed by atoms with Crippen molar-refractivity contribution >= 4 is 60.4 Å². The number of Topliss-reactive ketones (excluding diaryl/α,β-unsaturated/α-hetero) is 1. The monoisotopic (exact) mass is 844 g/mol. The van der Waals surface area contributed by atoms with Crippen molar-refractivity contribution in [2.45, 2.75) is 90.4 Å². The van der Waals surface area contributed by atoms with Gasteiger partial charge in [-0.3, -0.25) is 14.1 Å². The Morgan fingerprint density at radius 2 is 1.43 bits per heavy atom. The fourth-order valence-electron chi connectivity index (χ4n) is 8.99. The Hall–Kier alpha value is -5.16. The molecule has 10 heteroatoms. The van der Waals surface area contributed by atoms with E-state index in [4.69, 9.17) is 4.74 Å². The molecule has 61 heavy (non-hydrogen) atoms. The van der Waals surface area contributed by atoms with E-state index in [9.17, 15) is 22.6 Å². The predicted octanol–water partition coefficient (Wildman–Crippen LogP) is 10.1. The van der Waals surface area contributed by atoms with Crippen molar-refractivity contribution in [2.75, 3.05) is 43.5 Å². The normalized spacial score (nSPS) is 16.6. The molecule has 4 aromatic carbocycles. The van der Waals surface area contributed by atoms with Crippen molar-refractivity contribution in [2.24, 2.45) is 0 Å². The summed E-state index contributed by atoms with van der Waals surface area (Å²) in [6.45, 7) is 13.4. The molecule has 0 radical (unpaired) electrons. The number of benzene rings is 4. The Balaban J connectivity index is 1.15. The molecule has 0 unspecified atom stereocenters. The maximum absolute atomic E-state index is 12.4. The van der Waals surface area contributed by atoms with E-state index in [1.807, 2.05) is 12.2 Å². The van der Waals surface area contributed by atoms with Crippen LogP contribution >= 0.6 is 0 Å². The quantitative estimate of drug-likeness (QED) is 0.0371. The van der Waals surface area contributed by atoms with Crippen LogP contribution in [-0.4, -0.2) is 73.5 Å². The van der Waals surface area contributed by atoms with E-state index in [-0.39, 0.29) is 28.3 Å². The minimum absolute atomic E-state index is 0.0262. The predicted molar refractivity (Wildman–Crippen MR) is 250 cm³/mol. The molecule has 0 spiro atoms. The van der Waals surface area contributed by atoms with Gasteiger partial charge in [-0.2, -0.15) is 13.0 Å². The molecule has 0 saturated heterocycles. The van der Waals surface area contributed by atoms with E-state index in [2.05, 4.69) is 146 Å². The van der Waals surface area contributed by atoms with Crippen LogP contribution in [0.4, 0.5) is 11.4 Å². The maximum Gasteiger partial charge on any atom is 0.264 e. The highest BCUT2D eigenvalue weighted by Gasteiger charge is 2.45. The minimum atomic E-state index is -4.01. The Morgan fingerprint density at radius 3 is 2.15 bits per heavy atom. The molecule has 9 nitrogen and oxygen atoms in total. The summed E-state index contributed by atoms with van der Waals surface area (Å²) in [6, 6.07) is 25.8. The van der Waals surface area contributed by atoms with E-state index in [1.54, 1.807) is 6.92 Å². The number of nitrogens with zero attached hydrogens (tertiary/aromatic N) is 2. The molecular weight excluding hydrogens is 783 g/mol. The van der Waals surface area contributed by atoms with Gasteiger partial charge in [0.1, 0.15) is 12.3 Å². The summed E-state index contributed by atoms with van der Waals surface area (Å²) in [4.78, 5) is 25.8. The lowest BCUT2D eigenvalue weighted by molar-refractivity contribution is -0.438.